The topological polar surface area (TPSA) is 47.6 Å². The smallest absolute Gasteiger partial charge is 0.228 e. The van der Waals surface area contributed by atoms with Gasteiger partial charge >= 0.3 is 0 Å². The molecule has 4 rings (SSSR count). The van der Waals surface area contributed by atoms with Gasteiger partial charge in [-0.25, -0.2) is 0 Å². The fourth-order valence-electron chi connectivity index (χ4n) is 4.12. The van der Waals surface area contributed by atoms with Crippen LogP contribution in [0.15, 0.2) is 54.6 Å². The largest absolute Gasteiger partial charge is 0.384 e. The Morgan fingerprint density at radius 2 is 1.81 bits per heavy atom. The first kappa shape index (κ1) is 22.0. The number of carbonyl (C=O) groups is 1. The van der Waals surface area contributed by atoms with Crippen LogP contribution >= 0.6 is 23.2 Å². The molecule has 7 heteroatoms. The molecule has 164 valence electrons. The summed E-state index contributed by atoms with van der Waals surface area (Å²) in [5.74, 6) is -0.0138. The number of piperazine rings is 1. The molecule has 1 amide bonds. The van der Waals surface area contributed by atoms with E-state index in [9.17, 15) is 4.79 Å². The van der Waals surface area contributed by atoms with E-state index < -0.39 is 0 Å². The van der Waals surface area contributed by atoms with Crippen molar-refractivity contribution in [2.75, 3.05) is 50.7 Å². The van der Waals surface area contributed by atoms with Crippen LogP contribution in [0.2, 0.25) is 10.0 Å². The molecule has 0 bridgehead atoms. The number of hydrogen-bond donors (Lipinski definition) is 2. The van der Waals surface area contributed by atoms with Crippen LogP contribution in [0.1, 0.15) is 12.0 Å². The Kier molecular flexibility index (Phi) is 7.38. The van der Waals surface area contributed by atoms with Gasteiger partial charge in [0.15, 0.2) is 0 Å². The molecule has 2 aromatic rings. The first-order valence-electron chi connectivity index (χ1n) is 10.8. The molecule has 2 N–H and O–H groups in total. The predicted molar refractivity (Wildman–Crippen MR) is 129 cm³/mol. The number of rotatable bonds is 7. The third kappa shape index (κ3) is 5.53. The summed E-state index contributed by atoms with van der Waals surface area (Å²) in [6.45, 7) is 6.14. The van der Waals surface area contributed by atoms with Crippen LogP contribution in [0.4, 0.5) is 5.69 Å². The second-order valence-corrected chi connectivity index (χ2v) is 8.77. The molecule has 0 spiro atoms. The third-order valence-corrected chi connectivity index (χ3v) is 6.71. The Morgan fingerprint density at radius 3 is 2.58 bits per heavy atom. The van der Waals surface area contributed by atoms with E-state index in [0.717, 1.165) is 56.1 Å². The Balaban J connectivity index is 1.16. The highest BCUT2D eigenvalue weighted by atomic mass is 35.5. The standard InChI is InChI=1S/C24H28Cl2N4O/c25-20-8-4-9-22(23(20)26)30-14-12-29(13-15-30)11-5-10-27-24(31)19-16-21(28-17-19)18-6-2-1-3-7-18/h1-4,6-9,16,19,28H,5,10-15,17H2,(H,27,31). The van der Waals surface area contributed by atoms with Crippen LogP contribution in [0.5, 0.6) is 0 Å². The molecular formula is C24H28Cl2N4O. The molecule has 0 aliphatic carbocycles. The number of amides is 1. The summed E-state index contributed by atoms with van der Waals surface area (Å²) in [7, 11) is 0. The van der Waals surface area contributed by atoms with E-state index in [4.69, 9.17) is 23.2 Å². The summed E-state index contributed by atoms with van der Waals surface area (Å²) >= 11 is 12.5. The Morgan fingerprint density at radius 1 is 1.03 bits per heavy atom. The molecule has 2 heterocycles. The summed E-state index contributed by atoms with van der Waals surface area (Å²) in [4.78, 5) is 17.2. The average molecular weight is 459 g/mol. The van der Waals surface area contributed by atoms with Gasteiger partial charge in [-0.3, -0.25) is 9.69 Å². The second kappa shape index (κ2) is 10.4. The minimum Gasteiger partial charge on any atom is -0.384 e. The highest BCUT2D eigenvalue weighted by Gasteiger charge is 2.23. The van der Waals surface area contributed by atoms with Crippen molar-refractivity contribution in [2.45, 2.75) is 6.42 Å². The number of nitrogens with zero attached hydrogens (tertiary/aromatic N) is 2. The number of benzene rings is 2. The van der Waals surface area contributed by atoms with Crippen LogP contribution in [0.3, 0.4) is 0 Å². The maximum atomic E-state index is 12.5. The SMILES string of the molecule is O=C(NCCCN1CCN(c2cccc(Cl)c2Cl)CC1)C1C=C(c2ccccc2)NC1. The van der Waals surface area contributed by atoms with Crippen molar-refractivity contribution >= 4 is 40.5 Å². The molecule has 5 nitrogen and oxygen atoms in total. The molecule has 0 aromatic heterocycles. The lowest BCUT2D eigenvalue weighted by Crippen LogP contribution is -2.47. The summed E-state index contributed by atoms with van der Waals surface area (Å²) in [6, 6.07) is 15.9. The summed E-state index contributed by atoms with van der Waals surface area (Å²) < 4.78 is 0. The van der Waals surface area contributed by atoms with Gasteiger partial charge in [0.25, 0.3) is 0 Å². The summed E-state index contributed by atoms with van der Waals surface area (Å²) in [6.07, 6.45) is 2.98. The van der Waals surface area contributed by atoms with E-state index in [1.165, 1.54) is 0 Å². The highest BCUT2D eigenvalue weighted by Crippen LogP contribution is 2.32. The van der Waals surface area contributed by atoms with Crippen molar-refractivity contribution in [3.8, 4) is 0 Å². The molecule has 0 saturated carbocycles. The zero-order chi connectivity index (χ0) is 21.6. The lowest BCUT2D eigenvalue weighted by molar-refractivity contribution is -0.123. The van der Waals surface area contributed by atoms with Crippen LogP contribution in [0.25, 0.3) is 5.70 Å². The number of halogens is 2. The molecule has 1 atom stereocenters. The van der Waals surface area contributed by atoms with E-state index in [0.29, 0.717) is 23.1 Å². The van der Waals surface area contributed by atoms with E-state index in [1.807, 2.05) is 42.5 Å². The van der Waals surface area contributed by atoms with Crippen LogP contribution in [0, 0.1) is 5.92 Å². The number of anilines is 1. The summed E-state index contributed by atoms with van der Waals surface area (Å²) in [5, 5.41) is 7.66. The first-order valence-corrected chi connectivity index (χ1v) is 11.6. The normalized spacial score (nSPS) is 19.1. The Bertz CT molecular complexity index is 926. The maximum Gasteiger partial charge on any atom is 0.228 e. The number of hydrogen-bond acceptors (Lipinski definition) is 4. The van der Waals surface area contributed by atoms with Crippen molar-refractivity contribution in [1.82, 2.24) is 15.5 Å². The van der Waals surface area contributed by atoms with Gasteiger partial charge in [-0.1, -0.05) is 59.6 Å². The molecule has 31 heavy (non-hydrogen) atoms. The number of carbonyl (C=O) groups excluding carboxylic acids is 1. The Hall–Kier alpha value is -2.21. The fraction of sp³-hybridized carbons (Fsp3) is 0.375. The lowest BCUT2D eigenvalue weighted by Gasteiger charge is -2.36. The van der Waals surface area contributed by atoms with Gasteiger partial charge < -0.3 is 15.5 Å². The van der Waals surface area contributed by atoms with Crippen LogP contribution < -0.4 is 15.5 Å². The van der Waals surface area contributed by atoms with Gasteiger partial charge in [-0.2, -0.15) is 0 Å². The molecule has 1 saturated heterocycles. The van der Waals surface area contributed by atoms with Gasteiger partial charge in [0, 0.05) is 45.0 Å². The monoisotopic (exact) mass is 458 g/mol. The molecule has 1 unspecified atom stereocenters. The third-order valence-electron chi connectivity index (χ3n) is 5.90. The van der Waals surface area contributed by atoms with Crippen molar-refractivity contribution < 1.29 is 4.79 Å². The molecular weight excluding hydrogens is 431 g/mol. The summed E-state index contributed by atoms with van der Waals surface area (Å²) in [5.41, 5.74) is 3.17. The van der Waals surface area contributed by atoms with E-state index in [1.54, 1.807) is 0 Å². The minimum atomic E-state index is -0.110. The molecule has 1 fully saturated rings. The predicted octanol–water partition coefficient (Wildman–Crippen LogP) is 3.88. The van der Waals surface area contributed by atoms with Crippen molar-refractivity contribution in [3.05, 3.63) is 70.2 Å². The lowest BCUT2D eigenvalue weighted by atomic mass is 10.1. The fourth-order valence-corrected chi connectivity index (χ4v) is 4.53. The minimum absolute atomic E-state index is 0.0962. The quantitative estimate of drug-likeness (QED) is 0.617. The van der Waals surface area contributed by atoms with Gasteiger partial charge in [0.05, 0.1) is 21.7 Å². The van der Waals surface area contributed by atoms with Crippen LogP contribution in [-0.4, -0.2) is 56.6 Å². The van der Waals surface area contributed by atoms with Crippen LogP contribution in [-0.2, 0) is 4.79 Å². The van der Waals surface area contributed by atoms with E-state index in [-0.39, 0.29) is 11.8 Å². The highest BCUT2D eigenvalue weighted by molar-refractivity contribution is 6.43. The van der Waals surface area contributed by atoms with Gasteiger partial charge in [0.2, 0.25) is 5.91 Å². The Labute approximate surface area is 194 Å². The van der Waals surface area contributed by atoms with Gasteiger partial charge in [-0.05, 0) is 36.7 Å². The van der Waals surface area contributed by atoms with E-state index >= 15 is 0 Å². The van der Waals surface area contributed by atoms with Crippen molar-refractivity contribution in [3.63, 3.8) is 0 Å². The zero-order valence-electron chi connectivity index (χ0n) is 17.5. The molecule has 0 radical (unpaired) electrons. The number of nitrogens with one attached hydrogen (secondary N) is 2. The van der Waals surface area contributed by atoms with Crippen molar-refractivity contribution in [2.24, 2.45) is 5.92 Å². The zero-order valence-corrected chi connectivity index (χ0v) is 19.0. The van der Waals surface area contributed by atoms with E-state index in [2.05, 4.69) is 32.6 Å². The van der Waals surface area contributed by atoms with Crippen molar-refractivity contribution in [1.29, 1.82) is 0 Å². The first-order chi connectivity index (χ1) is 15.1. The average Bonchev–Trinajstić information content (AvgIpc) is 3.30. The molecule has 2 aliphatic heterocycles. The van der Waals surface area contributed by atoms with Gasteiger partial charge in [0.1, 0.15) is 0 Å². The maximum absolute atomic E-state index is 12.5. The second-order valence-electron chi connectivity index (χ2n) is 7.98. The molecule has 2 aromatic carbocycles. The van der Waals surface area contributed by atoms with Gasteiger partial charge in [-0.15, -0.1) is 0 Å². The molecule has 2 aliphatic rings.